The minimum absolute atomic E-state index is 0.0639. The van der Waals surface area contributed by atoms with E-state index >= 15 is 0 Å². The maximum atomic E-state index is 12.2. The number of amides is 2. The van der Waals surface area contributed by atoms with Gasteiger partial charge in [-0.2, -0.15) is 0 Å². The molecule has 0 fully saturated rings. The third-order valence-electron chi connectivity index (χ3n) is 3.73. The zero-order valence-electron chi connectivity index (χ0n) is 15.2. The second kappa shape index (κ2) is 9.38. The van der Waals surface area contributed by atoms with Crippen molar-refractivity contribution < 1.29 is 24.2 Å². The number of aliphatic carboxylic acids is 1. The number of carboxylic acids is 1. The number of carbonyl (C=O) groups excluding carboxylic acids is 2. The largest absolute Gasteiger partial charge is 0.481 e. The Morgan fingerprint density at radius 2 is 1.67 bits per heavy atom. The van der Waals surface area contributed by atoms with Gasteiger partial charge in [0.05, 0.1) is 6.42 Å². The van der Waals surface area contributed by atoms with Crippen LogP contribution in [-0.2, 0) is 20.8 Å². The lowest BCUT2D eigenvalue weighted by atomic mass is 10.1. The molecule has 2 rings (SSSR count). The molecule has 2 aromatic carbocycles. The molecule has 0 heterocycles. The van der Waals surface area contributed by atoms with Gasteiger partial charge in [0.25, 0.3) is 5.91 Å². The van der Waals surface area contributed by atoms with Crippen LogP contribution in [-0.4, -0.2) is 35.5 Å². The number of anilines is 1. The van der Waals surface area contributed by atoms with E-state index in [0.29, 0.717) is 17.0 Å². The van der Waals surface area contributed by atoms with Gasteiger partial charge in [-0.05, 0) is 43.7 Å². The lowest BCUT2D eigenvalue weighted by Gasteiger charge is -2.15. The highest BCUT2D eigenvalue weighted by Crippen LogP contribution is 2.15. The van der Waals surface area contributed by atoms with Crippen molar-refractivity contribution in [2.24, 2.45) is 0 Å². The fourth-order valence-electron chi connectivity index (χ4n) is 2.25. The summed E-state index contributed by atoms with van der Waals surface area (Å²) in [6, 6.07) is 14.2. The van der Waals surface area contributed by atoms with Gasteiger partial charge in [-0.15, -0.1) is 0 Å². The van der Waals surface area contributed by atoms with Crippen LogP contribution < -0.4 is 15.4 Å². The molecular formula is C20H22N2O5. The van der Waals surface area contributed by atoms with E-state index in [-0.39, 0.29) is 18.2 Å². The van der Waals surface area contributed by atoms with E-state index in [4.69, 9.17) is 9.84 Å². The summed E-state index contributed by atoms with van der Waals surface area (Å²) in [5.41, 5.74) is 2.39. The number of ether oxygens (including phenoxy) is 1. The molecule has 7 nitrogen and oxygen atoms in total. The fourth-order valence-corrected chi connectivity index (χ4v) is 2.25. The highest BCUT2D eigenvalue weighted by molar-refractivity contribution is 5.94. The van der Waals surface area contributed by atoms with Crippen molar-refractivity contribution in [2.75, 3.05) is 11.9 Å². The van der Waals surface area contributed by atoms with Gasteiger partial charge in [-0.25, -0.2) is 0 Å². The van der Waals surface area contributed by atoms with Gasteiger partial charge in [0.2, 0.25) is 5.91 Å². The maximum Gasteiger partial charge on any atom is 0.322 e. The number of hydrogen-bond donors (Lipinski definition) is 3. The molecule has 0 radical (unpaired) electrons. The molecule has 0 saturated heterocycles. The third kappa shape index (κ3) is 6.81. The lowest BCUT2D eigenvalue weighted by Crippen LogP contribution is -2.30. The molecule has 2 amide bonds. The molecule has 1 unspecified atom stereocenters. The van der Waals surface area contributed by atoms with Crippen LogP contribution in [0.25, 0.3) is 0 Å². The van der Waals surface area contributed by atoms with E-state index in [9.17, 15) is 14.4 Å². The topological polar surface area (TPSA) is 105 Å². The number of carbonyl (C=O) groups is 3. The Kier molecular flexibility index (Phi) is 6.93. The summed E-state index contributed by atoms with van der Waals surface area (Å²) < 4.78 is 5.61. The minimum Gasteiger partial charge on any atom is -0.481 e. The van der Waals surface area contributed by atoms with Gasteiger partial charge in [-0.1, -0.05) is 29.8 Å². The van der Waals surface area contributed by atoms with E-state index in [2.05, 4.69) is 10.6 Å². The van der Waals surface area contributed by atoms with Crippen molar-refractivity contribution in [2.45, 2.75) is 26.4 Å². The zero-order valence-corrected chi connectivity index (χ0v) is 15.2. The van der Waals surface area contributed by atoms with Crippen LogP contribution in [0.1, 0.15) is 18.1 Å². The molecule has 0 saturated carbocycles. The third-order valence-corrected chi connectivity index (χ3v) is 3.73. The Hall–Kier alpha value is -3.35. The normalized spacial score (nSPS) is 11.3. The molecule has 1 atom stereocenters. The maximum absolute atomic E-state index is 12.2. The first-order valence-corrected chi connectivity index (χ1v) is 8.45. The number of nitrogens with one attached hydrogen (secondary N) is 2. The lowest BCUT2D eigenvalue weighted by molar-refractivity contribution is -0.137. The van der Waals surface area contributed by atoms with Crippen molar-refractivity contribution in [3.63, 3.8) is 0 Å². The summed E-state index contributed by atoms with van der Waals surface area (Å²) in [5.74, 6) is -1.15. The van der Waals surface area contributed by atoms with Gasteiger partial charge in [0.1, 0.15) is 12.3 Å². The summed E-state index contributed by atoms with van der Waals surface area (Å²) in [6.45, 7) is 3.22. The van der Waals surface area contributed by atoms with Gasteiger partial charge in [-0.3, -0.25) is 14.4 Å². The molecule has 0 aromatic heterocycles. The van der Waals surface area contributed by atoms with Crippen LogP contribution in [0.15, 0.2) is 48.5 Å². The predicted molar refractivity (Wildman–Crippen MR) is 101 cm³/mol. The number of benzene rings is 2. The number of aryl methyl sites for hydroxylation is 1. The molecule has 0 aliphatic rings. The quantitative estimate of drug-likeness (QED) is 0.660. The predicted octanol–water partition coefficient (Wildman–Crippen LogP) is 2.14. The molecule has 0 aliphatic heterocycles. The molecule has 142 valence electrons. The summed E-state index contributed by atoms with van der Waals surface area (Å²) in [7, 11) is 0. The Balaban J connectivity index is 1.85. The summed E-state index contributed by atoms with van der Waals surface area (Å²) in [5, 5.41) is 13.6. The van der Waals surface area contributed by atoms with Gasteiger partial charge >= 0.3 is 5.97 Å². The smallest absolute Gasteiger partial charge is 0.322 e. The van der Waals surface area contributed by atoms with Crippen molar-refractivity contribution >= 4 is 23.5 Å². The molecule has 0 bridgehead atoms. The Morgan fingerprint density at radius 1 is 1.04 bits per heavy atom. The van der Waals surface area contributed by atoms with Crippen LogP contribution in [0.3, 0.4) is 0 Å². The first kappa shape index (κ1) is 20.0. The van der Waals surface area contributed by atoms with Crippen molar-refractivity contribution in [3.05, 3.63) is 59.7 Å². The van der Waals surface area contributed by atoms with Crippen molar-refractivity contribution in [1.29, 1.82) is 0 Å². The van der Waals surface area contributed by atoms with E-state index < -0.39 is 18.6 Å². The van der Waals surface area contributed by atoms with Gasteiger partial charge in [0, 0.05) is 5.69 Å². The average Bonchev–Trinajstić information content (AvgIpc) is 2.63. The fraction of sp³-hybridized carbons (Fsp3) is 0.250. The first-order valence-electron chi connectivity index (χ1n) is 8.45. The Labute approximate surface area is 157 Å². The second-order valence-electron chi connectivity index (χ2n) is 6.11. The number of rotatable bonds is 8. The molecule has 0 aliphatic carbocycles. The molecule has 7 heteroatoms. The van der Waals surface area contributed by atoms with Crippen molar-refractivity contribution in [1.82, 2.24) is 5.32 Å². The van der Waals surface area contributed by atoms with Gasteiger partial charge < -0.3 is 20.5 Å². The van der Waals surface area contributed by atoms with Crippen LogP contribution in [0, 0.1) is 6.92 Å². The highest BCUT2D eigenvalue weighted by atomic mass is 16.5. The molecule has 27 heavy (non-hydrogen) atoms. The molecular weight excluding hydrogens is 348 g/mol. The van der Waals surface area contributed by atoms with Crippen LogP contribution in [0.5, 0.6) is 5.75 Å². The summed E-state index contributed by atoms with van der Waals surface area (Å²) >= 11 is 0. The standard InChI is InChI=1S/C20H22N2O5/c1-13-3-9-17(10-4-13)27-14(2)20(26)22-16-7-5-15(6-8-16)11-18(23)21-12-19(24)25/h3-10,14H,11-12H2,1-2H3,(H,21,23)(H,22,26)(H,24,25). The van der Waals surface area contributed by atoms with Crippen LogP contribution in [0.4, 0.5) is 5.69 Å². The zero-order chi connectivity index (χ0) is 19.8. The summed E-state index contributed by atoms with van der Waals surface area (Å²) in [6.07, 6.45) is -0.608. The molecule has 3 N–H and O–H groups in total. The van der Waals surface area contributed by atoms with E-state index in [0.717, 1.165) is 5.56 Å². The minimum atomic E-state index is -1.09. The average molecular weight is 370 g/mol. The van der Waals surface area contributed by atoms with Crippen LogP contribution >= 0.6 is 0 Å². The second-order valence-corrected chi connectivity index (χ2v) is 6.11. The molecule has 0 spiro atoms. The Morgan fingerprint density at radius 3 is 2.26 bits per heavy atom. The monoisotopic (exact) mass is 370 g/mol. The highest BCUT2D eigenvalue weighted by Gasteiger charge is 2.15. The van der Waals surface area contributed by atoms with Crippen LogP contribution in [0.2, 0.25) is 0 Å². The number of hydrogen-bond acceptors (Lipinski definition) is 4. The van der Waals surface area contributed by atoms with Crippen molar-refractivity contribution in [3.8, 4) is 5.75 Å². The SMILES string of the molecule is Cc1ccc(OC(C)C(=O)Nc2ccc(CC(=O)NCC(=O)O)cc2)cc1. The van der Waals surface area contributed by atoms with E-state index in [1.807, 2.05) is 31.2 Å². The summed E-state index contributed by atoms with van der Waals surface area (Å²) in [4.78, 5) is 34.3. The Bertz CT molecular complexity index is 800. The van der Waals surface area contributed by atoms with Gasteiger partial charge in [0.15, 0.2) is 6.10 Å². The van der Waals surface area contributed by atoms with E-state index in [1.54, 1.807) is 31.2 Å². The molecule has 2 aromatic rings. The first-order chi connectivity index (χ1) is 12.8. The van der Waals surface area contributed by atoms with E-state index in [1.165, 1.54) is 0 Å². The number of carboxylic acid groups (broad SMARTS) is 1.